The van der Waals surface area contributed by atoms with Gasteiger partial charge >= 0.3 is 0 Å². The van der Waals surface area contributed by atoms with Crippen molar-refractivity contribution in [3.05, 3.63) is 28.8 Å². The van der Waals surface area contributed by atoms with Gasteiger partial charge in [0.25, 0.3) is 5.91 Å². The molecule has 1 amide bonds. The summed E-state index contributed by atoms with van der Waals surface area (Å²) in [6.07, 6.45) is 5.18. The van der Waals surface area contributed by atoms with Gasteiger partial charge in [-0.2, -0.15) is 0 Å². The number of rotatable bonds is 4. The minimum Gasteiger partial charge on any atom is -0.336 e. The molecule has 2 fully saturated rings. The number of hydrogen-bond donors (Lipinski definition) is 0. The fourth-order valence-corrected chi connectivity index (χ4v) is 5.37. The lowest BCUT2D eigenvalue weighted by atomic mass is 10.0. The Morgan fingerprint density at radius 2 is 1.63 bits per heavy atom. The molecule has 1 saturated carbocycles. The maximum atomic E-state index is 13.0. The molecule has 1 aliphatic heterocycles. The van der Waals surface area contributed by atoms with Gasteiger partial charge in [-0.3, -0.25) is 9.69 Å². The number of hydrogen-bond acceptors (Lipinski definition) is 4. The van der Waals surface area contributed by atoms with Gasteiger partial charge in [0.1, 0.15) is 0 Å². The Morgan fingerprint density at radius 3 is 2.19 bits per heavy atom. The number of nitrogens with zero attached hydrogens (tertiary/aromatic N) is 3. The van der Waals surface area contributed by atoms with Crippen LogP contribution in [-0.4, -0.2) is 74.7 Å². The van der Waals surface area contributed by atoms with E-state index in [2.05, 4.69) is 4.90 Å². The quantitative estimate of drug-likeness (QED) is 0.787. The van der Waals surface area contributed by atoms with E-state index in [0.717, 1.165) is 18.7 Å². The van der Waals surface area contributed by atoms with Crippen molar-refractivity contribution in [3.63, 3.8) is 0 Å². The highest BCUT2D eigenvalue weighted by atomic mass is 32.2. The van der Waals surface area contributed by atoms with Gasteiger partial charge in [0.05, 0.1) is 4.90 Å². The molecule has 1 aliphatic carbocycles. The zero-order valence-electron chi connectivity index (χ0n) is 16.9. The Bertz CT molecular complexity index is 806. The van der Waals surface area contributed by atoms with Crippen LogP contribution >= 0.6 is 0 Å². The maximum Gasteiger partial charge on any atom is 0.253 e. The molecule has 0 unspecified atom stereocenters. The van der Waals surface area contributed by atoms with Gasteiger partial charge in [0, 0.05) is 51.9 Å². The van der Waals surface area contributed by atoms with Crippen LogP contribution in [0.5, 0.6) is 0 Å². The maximum absolute atomic E-state index is 13.0. The number of amides is 1. The molecule has 27 heavy (non-hydrogen) atoms. The number of benzene rings is 1. The zero-order chi connectivity index (χ0) is 19.8. The number of aryl methyl sites for hydroxylation is 1. The van der Waals surface area contributed by atoms with Crippen molar-refractivity contribution >= 4 is 15.9 Å². The Balaban J connectivity index is 1.78. The summed E-state index contributed by atoms with van der Waals surface area (Å²) in [7, 11) is -0.553. The molecule has 7 heteroatoms. The average Bonchev–Trinajstić information content (AvgIpc) is 3.17. The van der Waals surface area contributed by atoms with Gasteiger partial charge in [-0.25, -0.2) is 12.7 Å². The third-order valence-corrected chi connectivity index (χ3v) is 8.01. The molecule has 1 heterocycles. The third-order valence-electron chi connectivity index (χ3n) is 6.07. The Hall–Kier alpha value is -1.44. The first kappa shape index (κ1) is 20.3. The van der Waals surface area contributed by atoms with Crippen molar-refractivity contribution in [1.82, 2.24) is 14.1 Å². The highest BCUT2D eigenvalue weighted by Gasteiger charge is 2.29. The van der Waals surface area contributed by atoms with Crippen LogP contribution in [0, 0.1) is 13.8 Å². The molecule has 0 bridgehead atoms. The van der Waals surface area contributed by atoms with Crippen molar-refractivity contribution in [2.24, 2.45) is 0 Å². The molecular formula is C20H31N3O3S. The van der Waals surface area contributed by atoms with E-state index >= 15 is 0 Å². The first-order valence-corrected chi connectivity index (χ1v) is 11.2. The summed E-state index contributed by atoms with van der Waals surface area (Å²) in [5.41, 5.74) is 1.99. The first-order valence-electron chi connectivity index (χ1n) is 9.79. The lowest BCUT2D eigenvalue weighted by molar-refractivity contribution is 0.0573. The van der Waals surface area contributed by atoms with Crippen molar-refractivity contribution in [2.75, 3.05) is 40.3 Å². The predicted molar refractivity (Wildman–Crippen MR) is 107 cm³/mol. The van der Waals surface area contributed by atoms with Crippen LogP contribution in [0.15, 0.2) is 17.0 Å². The second-order valence-electron chi connectivity index (χ2n) is 7.97. The summed E-state index contributed by atoms with van der Waals surface area (Å²) in [5, 5.41) is 0. The van der Waals surface area contributed by atoms with E-state index in [1.54, 1.807) is 13.0 Å². The molecule has 0 aromatic heterocycles. The standard InChI is InChI=1S/C20H31N3O3S/c1-15-13-17(14-19(16(15)2)27(25,26)21(3)4)20(24)23-11-9-22(10-12-23)18-7-5-6-8-18/h13-14,18H,5-12H2,1-4H3. The summed E-state index contributed by atoms with van der Waals surface area (Å²) in [6, 6.07) is 4.04. The molecule has 0 N–H and O–H groups in total. The topological polar surface area (TPSA) is 60.9 Å². The van der Waals surface area contributed by atoms with Gasteiger partial charge in [0.2, 0.25) is 10.0 Å². The van der Waals surface area contributed by atoms with Crippen LogP contribution in [0.25, 0.3) is 0 Å². The van der Waals surface area contributed by atoms with Gasteiger partial charge < -0.3 is 4.90 Å². The van der Waals surface area contributed by atoms with E-state index in [9.17, 15) is 13.2 Å². The van der Waals surface area contributed by atoms with Gasteiger partial charge in [-0.05, 0) is 49.9 Å². The smallest absolute Gasteiger partial charge is 0.253 e. The molecule has 0 spiro atoms. The molecular weight excluding hydrogens is 362 g/mol. The minimum absolute atomic E-state index is 0.0700. The Labute approximate surface area is 163 Å². The van der Waals surface area contributed by atoms with Crippen LogP contribution in [0.1, 0.15) is 47.2 Å². The predicted octanol–water partition coefficient (Wildman–Crippen LogP) is 2.25. The van der Waals surface area contributed by atoms with E-state index in [1.807, 2.05) is 17.9 Å². The van der Waals surface area contributed by atoms with Crippen molar-refractivity contribution in [2.45, 2.75) is 50.5 Å². The van der Waals surface area contributed by atoms with Crippen LogP contribution in [-0.2, 0) is 10.0 Å². The van der Waals surface area contributed by atoms with Crippen LogP contribution in [0.3, 0.4) is 0 Å². The summed E-state index contributed by atoms with van der Waals surface area (Å²) >= 11 is 0. The molecule has 6 nitrogen and oxygen atoms in total. The fraction of sp³-hybridized carbons (Fsp3) is 0.650. The van der Waals surface area contributed by atoms with Crippen LogP contribution in [0.2, 0.25) is 0 Å². The molecule has 1 aromatic carbocycles. The molecule has 3 rings (SSSR count). The highest BCUT2D eigenvalue weighted by Crippen LogP contribution is 2.26. The van der Waals surface area contributed by atoms with E-state index in [4.69, 9.17) is 0 Å². The van der Waals surface area contributed by atoms with Gasteiger partial charge in [0.15, 0.2) is 0 Å². The van der Waals surface area contributed by atoms with Crippen molar-refractivity contribution in [3.8, 4) is 0 Å². The molecule has 0 atom stereocenters. The monoisotopic (exact) mass is 393 g/mol. The fourth-order valence-electron chi connectivity index (χ4n) is 4.16. The van der Waals surface area contributed by atoms with Crippen LogP contribution in [0.4, 0.5) is 0 Å². The number of carbonyl (C=O) groups is 1. The van der Waals surface area contributed by atoms with E-state index < -0.39 is 10.0 Å². The van der Waals surface area contributed by atoms with Crippen molar-refractivity contribution in [1.29, 1.82) is 0 Å². The largest absolute Gasteiger partial charge is 0.336 e. The first-order chi connectivity index (χ1) is 12.7. The molecule has 1 saturated heterocycles. The lowest BCUT2D eigenvalue weighted by Gasteiger charge is -2.38. The number of sulfonamides is 1. The SMILES string of the molecule is Cc1cc(C(=O)N2CCN(C3CCCC3)CC2)cc(S(=O)(=O)N(C)C)c1C. The molecule has 0 radical (unpaired) electrons. The second-order valence-corrected chi connectivity index (χ2v) is 10.1. The van der Waals surface area contributed by atoms with E-state index in [1.165, 1.54) is 44.1 Å². The Morgan fingerprint density at radius 1 is 1.04 bits per heavy atom. The third kappa shape index (κ3) is 4.05. The Kier molecular flexibility index (Phi) is 5.93. The highest BCUT2D eigenvalue weighted by molar-refractivity contribution is 7.89. The lowest BCUT2D eigenvalue weighted by Crippen LogP contribution is -2.51. The number of piperazine rings is 1. The zero-order valence-corrected chi connectivity index (χ0v) is 17.7. The van der Waals surface area contributed by atoms with Crippen molar-refractivity contribution < 1.29 is 13.2 Å². The van der Waals surface area contributed by atoms with Gasteiger partial charge in [-0.1, -0.05) is 12.8 Å². The molecule has 150 valence electrons. The summed E-state index contributed by atoms with van der Waals surface area (Å²) in [4.78, 5) is 17.6. The van der Waals surface area contributed by atoms with E-state index in [0.29, 0.717) is 30.3 Å². The normalized spacial score (nSPS) is 19.8. The average molecular weight is 394 g/mol. The summed E-state index contributed by atoms with van der Waals surface area (Å²) in [5.74, 6) is -0.0700. The van der Waals surface area contributed by atoms with Crippen LogP contribution < -0.4 is 0 Å². The number of carbonyl (C=O) groups excluding carboxylic acids is 1. The second kappa shape index (κ2) is 7.89. The minimum atomic E-state index is -3.58. The van der Waals surface area contributed by atoms with E-state index in [-0.39, 0.29) is 10.8 Å². The molecule has 2 aliphatic rings. The van der Waals surface area contributed by atoms with Gasteiger partial charge in [-0.15, -0.1) is 0 Å². The molecule has 1 aromatic rings. The summed E-state index contributed by atoms with van der Waals surface area (Å²) in [6.45, 7) is 6.88. The summed E-state index contributed by atoms with van der Waals surface area (Å²) < 4.78 is 26.5.